The summed E-state index contributed by atoms with van der Waals surface area (Å²) in [6, 6.07) is 0. The van der Waals surface area contributed by atoms with Crippen LogP contribution in [0.3, 0.4) is 0 Å². The van der Waals surface area contributed by atoms with Gasteiger partial charge in [0.15, 0.2) is 6.29 Å². The van der Waals surface area contributed by atoms with Crippen molar-refractivity contribution in [2.45, 2.75) is 12.2 Å². The standard InChI is InChI=1S/C10H12ClN3OS/c1-7-4-14(2-3-16-7)10-8(5-15)9(11)12-6-13-10/h5-7H,2-4H2,1H3. The van der Waals surface area contributed by atoms with Gasteiger partial charge in [0.2, 0.25) is 0 Å². The van der Waals surface area contributed by atoms with Gasteiger partial charge in [-0.25, -0.2) is 9.97 Å². The van der Waals surface area contributed by atoms with Gasteiger partial charge >= 0.3 is 0 Å². The summed E-state index contributed by atoms with van der Waals surface area (Å²) in [4.78, 5) is 21.0. The minimum absolute atomic E-state index is 0.228. The molecule has 2 rings (SSSR count). The predicted octanol–water partition coefficient (Wildman–Crippen LogP) is 1.88. The van der Waals surface area contributed by atoms with Crippen molar-refractivity contribution in [3.63, 3.8) is 0 Å². The van der Waals surface area contributed by atoms with Gasteiger partial charge in [-0.2, -0.15) is 11.8 Å². The molecular formula is C10H12ClN3OS. The van der Waals surface area contributed by atoms with Gasteiger partial charge in [-0.05, 0) is 0 Å². The van der Waals surface area contributed by atoms with Crippen molar-refractivity contribution < 1.29 is 4.79 Å². The van der Waals surface area contributed by atoms with Crippen molar-refractivity contribution in [1.82, 2.24) is 9.97 Å². The first-order valence-electron chi connectivity index (χ1n) is 5.04. The van der Waals surface area contributed by atoms with Crippen LogP contribution < -0.4 is 4.90 Å². The molecule has 0 radical (unpaired) electrons. The number of aldehydes is 1. The van der Waals surface area contributed by atoms with Gasteiger partial charge in [-0.15, -0.1) is 0 Å². The topological polar surface area (TPSA) is 46.1 Å². The van der Waals surface area contributed by atoms with E-state index in [-0.39, 0.29) is 5.15 Å². The second kappa shape index (κ2) is 5.01. The summed E-state index contributed by atoms with van der Waals surface area (Å²) in [7, 11) is 0. The molecule has 1 aliphatic rings. The first-order valence-corrected chi connectivity index (χ1v) is 6.47. The van der Waals surface area contributed by atoms with E-state index in [1.165, 1.54) is 6.33 Å². The number of halogens is 1. The van der Waals surface area contributed by atoms with E-state index in [4.69, 9.17) is 11.6 Å². The lowest BCUT2D eigenvalue weighted by Gasteiger charge is -2.32. The zero-order valence-electron chi connectivity index (χ0n) is 8.89. The highest BCUT2D eigenvalue weighted by Gasteiger charge is 2.21. The molecule has 0 aromatic carbocycles. The molecular weight excluding hydrogens is 246 g/mol. The smallest absolute Gasteiger partial charge is 0.156 e. The first kappa shape index (κ1) is 11.7. The number of aromatic nitrogens is 2. The zero-order chi connectivity index (χ0) is 11.5. The Kier molecular flexibility index (Phi) is 3.66. The quantitative estimate of drug-likeness (QED) is 0.598. The lowest BCUT2D eigenvalue weighted by molar-refractivity contribution is 0.112. The Morgan fingerprint density at radius 1 is 1.62 bits per heavy atom. The molecule has 6 heteroatoms. The van der Waals surface area contributed by atoms with Crippen LogP contribution in [0.1, 0.15) is 17.3 Å². The van der Waals surface area contributed by atoms with Gasteiger partial charge in [0.1, 0.15) is 17.3 Å². The molecule has 1 fully saturated rings. The summed E-state index contributed by atoms with van der Waals surface area (Å²) < 4.78 is 0. The summed E-state index contributed by atoms with van der Waals surface area (Å²) in [5.74, 6) is 1.70. The third-order valence-electron chi connectivity index (χ3n) is 2.47. The van der Waals surface area contributed by atoms with Crippen molar-refractivity contribution in [2.75, 3.05) is 23.7 Å². The third-order valence-corrected chi connectivity index (χ3v) is 3.91. The Bertz CT molecular complexity index is 402. The van der Waals surface area contributed by atoms with E-state index in [1.54, 1.807) is 0 Å². The van der Waals surface area contributed by atoms with Crippen molar-refractivity contribution in [3.8, 4) is 0 Å². The Hall–Kier alpha value is -0.810. The molecule has 86 valence electrons. The van der Waals surface area contributed by atoms with Crippen molar-refractivity contribution in [2.24, 2.45) is 0 Å². The van der Waals surface area contributed by atoms with Crippen molar-refractivity contribution in [3.05, 3.63) is 17.0 Å². The van der Waals surface area contributed by atoms with E-state index in [0.29, 0.717) is 16.6 Å². The molecule has 0 spiro atoms. The van der Waals surface area contributed by atoms with Crippen molar-refractivity contribution >= 4 is 35.5 Å². The summed E-state index contributed by atoms with van der Waals surface area (Å²) in [5, 5.41) is 0.771. The maximum atomic E-state index is 11.0. The number of hydrogen-bond acceptors (Lipinski definition) is 5. The molecule has 1 atom stereocenters. The fraction of sp³-hybridized carbons (Fsp3) is 0.500. The number of hydrogen-bond donors (Lipinski definition) is 0. The zero-order valence-corrected chi connectivity index (χ0v) is 10.5. The van der Waals surface area contributed by atoms with E-state index in [0.717, 1.165) is 25.1 Å². The van der Waals surface area contributed by atoms with Gasteiger partial charge in [0, 0.05) is 24.1 Å². The van der Waals surface area contributed by atoms with Crippen LogP contribution in [-0.2, 0) is 0 Å². The van der Waals surface area contributed by atoms with Gasteiger partial charge in [-0.1, -0.05) is 18.5 Å². The van der Waals surface area contributed by atoms with E-state index in [9.17, 15) is 4.79 Å². The fourth-order valence-electron chi connectivity index (χ4n) is 1.73. The summed E-state index contributed by atoms with van der Waals surface area (Å²) in [6.45, 7) is 3.95. The number of nitrogens with zero attached hydrogens (tertiary/aromatic N) is 3. The summed E-state index contributed by atoms with van der Waals surface area (Å²) in [5.41, 5.74) is 0.392. The lowest BCUT2D eigenvalue weighted by atomic mass is 10.3. The molecule has 0 bridgehead atoms. The molecule has 4 nitrogen and oxygen atoms in total. The third kappa shape index (κ3) is 2.30. The van der Waals surface area contributed by atoms with E-state index >= 15 is 0 Å². The summed E-state index contributed by atoms with van der Waals surface area (Å²) in [6.07, 6.45) is 2.13. The van der Waals surface area contributed by atoms with Gasteiger partial charge in [0.25, 0.3) is 0 Å². The number of carbonyl (C=O) groups excluding carboxylic acids is 1. The maximum absolute atomic E-state index is 11.0. The van der Waals surface area contributed by atoms with E-state index in [1.807, 2.05) is 11.8 Å². The minimum Gasteiger partial charge on any atom is -0.354 e. The minimum atomic E-state index is 0.228. The largest absolute Gasteiger partial charge is 0.354 e. The maximum Gasteiger partial charge on any atom is 0.156 e. The summed E-state index contributed by atoms with van der Waals surface area (Å²) >= 11 is 7.80. The Morgan fingerprint density at radius 2 is 2.44 bits per heavy atom. The van der Waals surface area contributed by atoms with E-state index < -0.39 is 0 Å². The van der Waals surface area contributed by atoms with Crippen LogP contribution >= 0.6 is 23.4 Å². The number of anilines is 1. The molecule has 1 unspecified atom stereocenters. The van der Waals surface area contributed by atoms with Crippen LogP contribution in [0.15, 0.2) is 6.33 Å². The fourth-order valence-corrected chi connectivity index (χ4v) is 2.92. The molecule has 16 heavy (non-hydrogen) atoms. The normalized spacial score (nSPS) is 20.9. The molecule has 0 saturated carbocycles. The van der Waals surface area contributed by atoms with Crippen LogP contribution in [0.5, 0.6) is 0 Å². The molecule has 1 saturated heterocycles. The van der Waals surface area contributed by atoms with Gasteiger partial charge < -0.3 is 4.90 Å². The highest BCUT2D eigenvalue weighted by Crippen LogP contribution is 2.26. The Morgan fingerprint density at radius 3 is 3.12 bits per heavy atom. The van der Waals surface area contributed by atoms with Crippen LogP contribution in [0.2, 0.25) is 5.15 Å². The van der Waals surface area contributed by atoms with Crippen LogP contribution in [0.4, 0.5) is 5.82 Å². The van der Waals surface area contributed by atoms with E-state index in [2.05, 4.69) is 21.8 Å². The number of carbonyl (C=O) groups is 1. The van der Waals surface area contributed by atoms with Gasteiger partial charge in [-0.3, -0.25) is 4.79 Å². The second-order valence-corrected chi connectivity index (χ2v) is 5.55. The second-order valence-electron chi connectivity index (χ2n) is 3.65. The molecule has 1 aromatic heterocycles. The Labute approximate surface area is 103 Å². The molecule has 0 aliphatic carbocycles. The highest BCUT2D eigenvalue weighted by atomic mass is 35.5. The van der Waals surface area contributed by atoms with Crippen LogP contribution in [-0.4, -0.2) is 40.3 Å². The average Bonchev–Trinajstić information content (AvgIpc) is 2.28. The lowest BCUT2D eigenvalue weighted by Crippen LogP contribution is -2.37. The highest BCUT2D eigenvalue weighted by molar-refractivity contribution is 8.00. The number of thioether (sulfide) groups is 1. The van der Waals surface area contributed by atoms with Gasteiger partial charge in [0.05, 0.1) is 5.56 Å². The molecule has 1 aliphatic heterocycles. The average molecular weight is 258 g/mol. The van der Waals surface area contributed by atoms with Crippen LogP contribution in [0.25, 0.3) is 0 Å². The molecule has 0 N–H and O–H groups in total. The predicted molar refractivity (Wildman–Crippen MR) is 66.6 cm³/mol. The molecule has 2 heterocycles. The first-order chi connectivity index (χ1) is 7.72. The van der Waals surface area contributed by atoms with Crippen molar-refractivity contribution in [1.29, 1.82) is 0 Å². The monoisotopic (exact) mass is 257 g/mol. The SMILES string of the molecule is CC1CN(c2ncnc(Cl)c2C=O)CCS1. The molecule has 0 amide bonds. The Balaban J connectivity index is 2.32. The number of rotatable bonds is 2. The molecule has 1 aromatic rings. The van der Waals surface area contributed by atoms with Crippen LogP contribution in [0, 0.1) is 0 Å².